The highest BCUT2D eigenvalue weighted by Gasteiger charge is 2.20. The molecule has 3 aromatic rings. The molecule has 0 spiro atoms. The predicted octanol–water partition coefficient (Wildman–Crippen LogP) is 6.07. The molecule has 0 unspecified atom stereocenters. The maximum Gasteiger partial charge on any atom is 0.253 e. The number of anilines is 1. The number of aromatic nitrogens is 2. The maximum atomic E-state index is 13.8. The Morgan fingerprint density at radius 2 is 1.60 bits per heavy atom. The molecule has 0 radical (unpaired) electrons. The molecule has 1 fully saturated rings. The Kier molecular flexibility index (Phi) is 11.1. The Balaban J connectivity index is 1.58. The van der Waals surface area contributed by atoms with Crippen LogP contribution >= 0.6 is 0 Å². The second-order valence-corrected chi connectivity index (χ2v) is 14.6. The van der Waals surface area contributed by atoms with Crippen molar-refractivity contribution in [1.29, 1.82) is 0 Å². The average molecular weight is 596 g/mol. The largest absolute Gasteiger partial charge is 0.352 e. The van der Waals surface area contributed by atoms with Gasteiger partial charge < -0.3 is 19.7 Å². The fraction of sp³-hybridized carbons (Fsp3) is 0.576. The van der Waals surface area contributed by atoms with Crippen molar-refractivity contribution in [1.82, 2.24) is 19.4 Å². The van der Waals surface area contributed by atoms with E-state index in [-0.39, 0.29) is 5.91 Å². The van der Waals surface area contributed by atoms with Gasteiger partial charge in [0.05, 0.1) is 15.9 Å². The number of sulfone groups is 1. The van der Waals surface area contributed by atoms with Crippen LogP contribution in [0.3, 0.4) is 0 Å². The number of imidazole rings is 1. The molecule has 42 heavy (non-hydrogen) atoms. The smallest absolute Gasteiger partial charge is 0.253 e. The number of carbonyl (C=O) groups is 1. The molecule has 1 saturated heterocycles. The minimum absolute atomic E-state index is 0.0866. The Bertz CT molecular complexity index is 1410. The molecule has 1 amide bonds. The van der Waals surface area contributed by atoms with E-state index in [4.69, 9.17) is 4.98 Å². The van der Waals surface area contributed by atoms with Gasteiger partial charge in [-0.2, -0.15) is 0 Å². The van der Waals surface area contributed by atoms with Crippen LogP contribution in [0, 0.1) is 11.8 Å². The molecule has 1 aliphatic rings. The van der Waals surface area contributed by atoms with Gasteiger partial charge in [-0.15, -0.1) is 0 Å². The molecule has 2 aromatic carbocycles. The summed E-state index contributed by atoms with van der Waals surface area (Å²) in [6, 6.07) is 12.9. The van der Waals surface area contributed by atoms with Gasteiger partial charge in [0.2, 0.25) is 5.95 Å². The summed E-state index contributed by atoms with van der Waals surface area (Å²) >= 11 is 0. The van der Waals surface area contributed by atoms with Crippen LogP contribution in [-0.2, 0) is 22.9 Å². The number of likely N-dealkylation sites (tertiary alicyclic amines) is 1. The zero-order valence-corrected chi connectivity index (χ0v) is 26.9. The van der Waals surface area contributed by atoms with E-state index in [1.54, 1.807) is 12.1 Å². The van der Waals surface area contributed by atoms with Crippen LogP contribution in [0.25, 0.3) is 11.0 Å². The van der Waals surface area contributed by atoms with Gasteiger partial charge >= 0.3 is 0 Å². The normalized spacial score (nSPS) is 14.4. The molecule has 8 nitrogen and oxygen atoms in total. The number of nitrogens with zero attached hydrogens (tertiary/aromatic N) is 4. The van der Waals surface area contributed by atoms with Gasteiger partial charge in [0, 0.05) is 38.0 Å². The topological polar surface area (TPSA) is 87.5 Å². The van der Waals surface area contributed by atoms with E-state index in [9.17, 15) is 13.2 Å². The van der Waals surface area contributed by atoms with Crippen LogP contribution in [0.5, 0.6) is 0 Å². The van der Waals surface area contributed by atoms with Gasteiger partial charge in [0.15, 0.2) is 9.84 Å². The van der Waals surface area contributed by atoms with Gasteiger partial charge in [0.1, 0.15) is 0 Å². The van der Waals surface area contributed by atoms with Crippen LogP contribution in [0.1, 0.15) is 75.7 Å². The van der Waals surface area contributed by atoms with Crippen molar-refractivity contribution in [2.24, 2.45) is 11.8 Å². The summed E-state index contributed by atoms with van der Waals surface area (Å²) in [4.78, 5) is 23.5. The summed E-state index contributed by atoms with van der Waals surface area (Å²) in [5, 5.41) is 3.49. The van der Waals surface area contributed by atoms with Gasteiger partial charge in [-0.25, -0.2) is 13.4 Å². The summed E-state index contributed by atoms with van der Waals surface area (Å²) in [6.07, 6.45) is 6.73. The third kappa shape index (κ3) is 8.80. The summed E-state index contributed by atoms with van der Waals surface area (Å²) in [6.45, 7) is 15.0. The highest BCUT2D eigenvalue weighted by Crippen LogP contribution is 2.24. The average Bonchev–Trinajstić information content (AvgIpc) is 3.59. The molecule has 1 aromatic heterocycles. The minimum atomic E-state index is -3.23. The van der Waals surface area contributed by atoms with Crippen molar-refractivity contribution in [3.63, 3.8) is 0 Å². The zero-order valence-electron chi connectivity index (χ0n) is 26.1. The molecule has 0 atom stereocenters. The Labute approximate surface area is 252 Å². The lowest BCUT2D eigenvalue weighted by Gasteiger charge is -2.25. The molecule has 0 saturated carbocycles. The van der Waals surface area contributed by atoms with Crippen LogP contribution in [0.2, 0.25) is 0 Å². The molecule has 9 heteroatoms. The molecule has 0 aliphatic carbocycles. The summed E-state index contributed by atoms with van der Waals surface area (Å²) in [5.74, 6) is 1.92. The van der Waals surface area contributed by atoms with E-state index in [2.05, 4.69) is 42.5 Å². The van der Waals surface area contributed by atoms with E-state index in [1.807, 2.05) is 35.2 Å². The lowest BCUT2D eigenvalue weighted by molar-refractivity contribution is 0.0741. The summed E-state index contributed by atoms with van der Waals surface area (Å²) < 4.78 is 25.9. The first kappa shape index (κ1) is 32.0. The van der Waals surface area contributed by atoms with E-state index in [0.29, 0.717) is 28.8 Å². The van der Waals surface area contributed by atoms with Gasteiger partial charge in [0.25, 0.3) is 5.91 Å². The van der Waals surface area contributed by atoms with E-state index in [1.165, 1.54) is 32.2 Å². The van der Waals surface area contributed by atoms with Crippen molar-refractivity contribution in [2.45, 2.75) is 77.8 Å². The Morgan fingerprint density at radius 1 is 0.952 bits per heavy atom. The number of nitrogens with one attached hydrogen (secondary N) is 1. The molecule has 4 rings (SSSR count). The predicted molar refractivity (Wildman–Crippen MR) is 172 cm³/mol. The summed E-state index contributed by atoms with van der Waals surface area (Å²) in [5.41, 5.74) is 3.50. The minimum Gasteiger partial charge on any atom is -0.352 e. The second-order valence-electron chi connectivity index (χ2n) is 12.6. The van der Waals surface area contributed by atoms with Crippen LogP contribution < -0.4 is 5.32 Å². The van der Waals surface area contributed by atoms with Crippen LogP contribution in [-0.4, -0.2) is 72.7 Å². The highest BCUT2D eigenvalue weighted by atomic mass is 32.2. The summed E-state index contributed by atoms with van der Waals surface area (Å²) in [7, 11) is -3.23. The molecular formula is C33H49N5O3S. The van der Waals surface area contributed by atoms with Gasteiger partial charge in [-0.1, -0.05) is 39.8 Å². The number of amides is 1. The van der Waals surface area contributed by atoms with Gasteiger partial charge in [-0.05, 0) is 99.5 Å². The lowest BCUT2D eigenvalue weighted by Crippen LogP contribution is -2.34. The highest BCUT2D eigenvalue weighted by molar-refractivity contribution is 7.90. The first-order chi connectivity index (χ1) is 20.0. The van der Waals surface area contributed by atoms with E-state index < -0.39 is 9.84 Å². The molecule has 2 heterocycles. The number of hydrogen-bond acceptors (Lipinski definition) is 6. The van der Waals surface area contributed by atoms with Gasteiger partial charge in [-0.3, -0.25) is 4.79 Å². The number of rotatable bonds is 15. The van der Waals surface area contributed by atoms with Crippen LogP contribution in [0.15, 0.2) is 47.4 Å². The first-order valence-electron chi connectivity index (χ1n) is 15.6. The monoisotopic (exact) mass is 595 g/mol. The lowest BCUT2D eigenvalue weighted by atomic mass is 10.1. The zero-order chi connectivity index (χ0) is 30.3. The first-order valence-corrected chi connectivity index (χ1v) is 17.4. The van der Waals surface area contributed by atoms with Crippen molar-refractivity contribution < 1.29 is 13.2 Å². The Morgan fingerprint density at radius 3 is 2.19 bits per heavy atom. The number of fused-ring (bicyclic) bond motifs is 1. The third-order valence-corrected chi connectivity index (χ3v) is 9.22. The van der Waals surface area contributed by atoms with Crippen molar-refractivity contribution in [2.75, 3.05) is 44.3 Å². The Hall–Kier alpha value is -2.91. The standard InChI is InChI=1S/C33H49N5O3S/c1-25(2)15-21-37(22-16-26(3)4)32(39)28-11-14-30-31(23-28)38(20-8-19-36-17-6-7-18-36)33(35-30)34-24-27-9-12-29(13-10-27)42(5,40)41/h9-14,23,25-26H,6-8,15-22,24H2,1-5H3,(H,34,35). The molecule has 1 N–H and O–H groups in total. The molecule has 230 valence electrons. The van der Waals surface area contributed by atoms with E-state index in [0.717, 1.165) is 68.0 Å². The quantitative estimate of drug-likeness (QED) is 0.229. The molecular weight excluding hydrogens is 546 g/mol. The molecule has 1 aliphatic heterocycles. The van der Waals surface area contributed by atoms with Crippen LogP contribution in [0.4, 0.5) is 5.95 Å². The van der Waals surface area contributed by atoms with E-state index >= 15 is 0 Å². The van der Waals surface area contributed by atoms with Crippen molar-refractivity contribution in [3.05, 3.63) is 53.6 Å². The fourth-order valence-corrected chi connectivity index (χ4v) is 6.07. The molecule has 0 bridgehead atoms. The number of benzene rings is 2. The van der Waals surface area contributed by atoms with Crippen molar-refractivity contribution in [3.8, 4) is 0 Å². The number of aryl methyl sites for hydroxylation is 1. The number of hydrogen-bond donors (Lipinski definition) is 1. The second kappa shape index (κ2) is 14.5. The fourth-order valence-electron chi connectivity index (χ4n) is 5.44. The SMILES string of the molecule is CC(C)CCN(CCC(C)C)C(=O)c1ccc2nc(NCc3ccc(S(C)(=O)=O)cc3)n(CCCN3CCCC3)c2c1. The number of carbonyl (C=O) groups excluding carboxylic acids is 1. The third-order valence-electron chi connectivity index (χ3n) is 8.09. The maximum absolute atomic E-state index is 13.8. The van der Waals surface area contributed by atoms with Crippen molar-refractivity contribution >= 4 is 32.7 Å².